The van der Waals surface area contributed by atoms with Gasteiger partial charge in [-0.15, -0.1) is 0 Å². The Bertz CT molecular complexity index is 477. The van der Waals surface area contributed by atoms with E-state index in [-0.39, 0.29) is 6.61 Å². The summed E-state index contributed by atoms with van der Waals surface area (Å²) in [7, 11) is 0. The van der Waals surface area contributed by atoms with Crippen molar-refractivity contribution in [2.24, 2.45) is 0 Å². The van der Waals surface area contributed by atoms with Crippen molar-refractivity contribution in [3.63, 3.8) is 0 Å². The normalized spacial score (nSPS) is 11.1. The van der Waals surface area contributed by atoms with E-state index in [2.05, 4.69) is 22.0 Å². The summed E-state index contributed by atoms with van der Waals surface area (Å²) in [6, 6.07) is 9.85. The molecular weight excluding hydrogens is 240 g/mol. The molecule has 0 amide bonds. The van der Waals surface area contributed by atoms with Gasteiger partial charge in [-0.2, -0.15) is 15.0 Å². The second-order valence-corrected chi connectivity index (χ2v) is 4.46. The van der Waals surface area contributed by atoms with E-state index in [1.54, 1.807) is 11.0 Å². The molecule has 0 saturated carbocycles. The van der Waals surface area contributed by atoms with Crippen molar-refractivity contribution < 1.29 is 5.11 Å². The minimum Gasteiger partial charge on any atom is -0.395 e. The number of nitrogens with zero attached hydrogens (tertiary/aromatic N) is 4. The van der Waals surface area contributed by atoms with Crippen LogP contribution in [0.1, 0.15) is 19.0 Å². The molecule has 0 aliphatic carbocycles. The van der Waals surface area contributed by atoms with Gasteiger partial charge in [0.1, 0.15) is 0 Å². The zero-order valence-corrected chi connectivity index (χ0v) is 11.2. The lowest BCUT2D eigenvalue weighted by Crippen LogP contribution is -2.27. The van der Waals surface area contributed by atoms with Crippen molar-refractivity contribution in [2.75, 3.05) is 19.7 Å². The third-order valence-corrected chi connectivity index (χ3v) is 2.87. The molecule has 0 saturated heterocycles. The first-order chi connectivity index (χ1) is 9.33. The maximum absolute atomic E-state index is 9.04. The van der Waals surface area contributed by atoms with Gasteiger partial charge in [0, 0.05) is 13.1 Å². The summed E-state index contributed by atoms with van der Waals surface area (Å²) in [4.78, 5) is 3.82. The third kappa shape index (κ3) is 3.87. The summed E-state index contributed by atoms with van der Waals surface area (Å²) in [6.07, 6.45) is 2.85. The molecule has 1 aromatic heterocycles. The van der Waals surface area contributed by atoms with Crippen LogP contribution in [0.15, 0.2) is 36.5 Å². The summed E-state index contributed by atoms with van der Waals surface area (Å²) in [5.74, 6) is 0. The van der Waals surface area contributed by atoms with Gasteiger partial charge in [-0.25, -0.2) is 0 Å². The van der Waals surface area contributed by atoms with Gasteiger partial charge in [-0.1, -0.05) is 25.1 Å². The molecule has 0 spiro atoms. The molecule has 0 fully saturated rings. The Kier molecular flexibility index (Phi) is 5.06. The molecule has 102 valence electrons. The fourth-order valence-corrected chi connectivity index (χ4v) is 2.01. The number of hydrogen-bond donors (Lipinski definition) is 1. The van der Waals surface area contributed by atoms with Crippen molar-refractivity contribution in [2.45, 2.75) is 19.9 Å². The zero-order chi connectivity index (χ0) is 13.5. The minimum atomic E-state index is 0.173. The highest BCUT2D eigenvalue weighted by Crippen LogP contribution is 2.06. The maximum Gasteiger partial charge on any atom is 0.0971 e. The average molecular weight is 260 g/mol. The molecule has 0 aliphatic rings. The molecule has 19 heavy (non-hydrogen) atoms. The molecule has 0 aliphatic heterocycles. The van der Waals surface area contributed by atoms with Gasteiger partial charge in [-0.05, 0) is 25.1 Å². The van der Waals surface area contributed by atoms with Crippen LogP contribution in [0.5, 0.6) is 0 Å². The van der Waals surface area contributed by atoms with Crippen molar-refractivity contribution in [3.8, 4) is 5.69 Å². The minimum absolute atomic E-state index is 0.173. The van der Waals surface area contributed by atoms with Crippen molar-refractivity contribution >= 4 is 0 Å². The zero-order valence-electron chi connectivity index (χ0n) is 11.2. The number of hydrogen-bond acceptors (Lipinski definition) is 4. The Morgan fingerprint density at radius 3 is 2.68 bits per heavy atom. The van der Waals surface area contributed by atoms with Gasteiger partial charge in [0.05, 0.1) is 24.2 Å². The highest BCUT2D eigenvalue weighted by atomic mass is 16.3. The summed E-state index contributed by atoms with van der Waals surface area (Å²) >= 11 is 0. The smallest absolute Gasteiger partial charge is 0.0971 e. The van der Waals surface area contributed by atoms with Crippen LogP contribution in [-0.4, -0.2) is 44.7 Å². The topological polar surface area (TPSA) is 54.2 Å². The van der Waals surface area contributed by atoms with E-state index < -0.39 is 0 Å². The second kappa shape index (κ2) is 7.01. The first kappa shape index (κ1) is 13.7. The van der Waals surface area contributed by atoms with Crippen LogP contribution >= 0.6 is 0 Å². The molecule has 0 atom stereocenters. The van der Waals surface area contributed by atoms with Crippen molar-refractivity contribution in [3.05, 3.63) is 42.2 Å². The highest BCUT2D eigenvalue weighted by molar-refractivity contribution is 5.28. The number of para-hydroxylation sites is 1. The molecule has 2 aromatic rings. The van der Waals surface area contributed by atoms with Crippen molar-refractivity contribution in [1.82, 2.24) is 19.9 Å². The molecule has 1 aromatic carbocycles. The Hall–Kier alpha value is -1.72. The quantitative estimate of drug-likeness (QED) is 0.819. The van der Waals surface area contributed by atoms with E-state index in [1.165, 1.54) is 0 Å². The molecule has 1 N–H and O–H groups in total. The van der Waals surface area contributed by atoms with Crippen LogP contribution in [0, 0.1) is 0 Å². The van der Waals surface area contributed by atoms with Gasteiger partial charge in [-0.3, -0.25) is 4.90 Å². The van der Waals surface area contributed by atoms with E-state index >= 15 is 0 Å². The molecule has 5 nitrogen and oxygen atoms in total. The number of aromatic nitrogens is 3. The van der Waals surface area contributed by atoms with Crippen LogP contribution in [-0.2, 0) is 6.54 Å². The summed E-state index contributed by atoms with van der Waals surface area (Å²) in [5.41, 5.74) is 1.88. The van der Waals surface area contributed by atoms with E-state index in [4.69, 9.17) is 5.11 Å². The fourth-order valence-electron chi connectivity index (χ4n) is 2.01. The predicted octanol–water partition coefficient (Wildman–Crippen LogP) is 1.47. The fraction of sp³-hybridized carbons (Fsp3) is 0.429. The summed E-state index contributed by atoms with van der Waals surface area (Å²) < 4.78 is 0. The lowest BCUT2D eigenvalue weighted by molar-refractivity contribution is 0.189. The molecule has 0 unspecified atom stereocenters. The first-order valence-corrected chi connectivity index (χ1v) is 6.63. The number of rotatable bonds is 7. The Morgan fingerprint density at radius 1 is 1.21 bits per heavy atom. The first-order valence-electron chi connectivity index (χ1n) is 6.63. The third-order valence-electron chi connectivity index (χ3n) is 2.87. The Morgan fingerprint density at radius 2 is 2.00 bits per heavy atom. The number of aliphatic hydroxyl groups is 1. The number of benzene rings is 1. The van der Waals surface area contributed by atoms with E-state index in [1.807, 2.05) is 30.3 Å². The predicted molar refractivity (Wildman–Crippen MR) is 74.0 cm³/mol. The Labute approximate surface area is 113 Å². The van der Waals surface area contributed by atoms with Gasteiger partial charge in [0.2, 0.25) is 0 Å². The van der Waals surface area contributed by atoms with Crippen LogP contribution in [0.3, 0.4) is 0 Å². The van der Waals surface area contributed by atoms with Crippen LogP contribution < -0.4 is 0 Å². The molecule has 2 rings (SSSR count). The molecular formula is C14H20N4O. The standard InChI is InChI=1S/C14H20N4O/c1-2-8-17(9-10-19)12-13-11-15-18(16-13)14-6-4-3-5-7-14/h3-7,11,19H,2,8-10,12H2,1H3. The van der Waals surface area contributed by atoms with Gasteiger partial charge < -0.3 is 5.11 Å². The SMILES string of the molecule is CCCN(CCO)Cc1cnn(-c2ccccc2)n1. The maximum atomic E-state index is 9.04. The van der Waals surface area contributed by atoms with E-state index in [9.17, 15) is 0 Å². The van der Waals surface area contributed by atoms with Crippen LogP contribution in [0.2, 0.25) is 0 Å². The lowest BCUT2D eigenvalue weighted by atomic mass is 10.3. The molecule has 0 bridgehead atoms. The average Bonchev–Trinajstić information content (AvgIpc) is 2.89. The van der Waals surface area contributed by atoms with Gasteiger partial charge >= 0.3 is 0 Å². The monoisotopic (exact) mass is 260 g/mol. The Balaban J connectivity index is 2.04. The molecule has 1 heterocycles. The largest absolute Gasteiger partial charge is 0.395 e. The number of aliphatic hydroxyl groups excluding tert-OH is 1. The van der Waals surface area contributed by atoms with Crippen molar-refractivity contribution in [1.29, 1.82) is 0 Å². The van der Waals surface area contributed by atoms with Gasteiger partial charge in [0.25, 0.3) is 0 Å². The van der Waals surface area contributed by atoms with Crippen LogP contribution in [0.25, 0.3) is 5.69 Å². The van der Waals surface area contributed by atoms with E-state index in [0.717, 1.165) is 30.9 Å². The lowest BCUT2D eigenvalue weighted by Gasteiger charge is -2.18. The molecule has 0 radical (unpaired) electrons. The second-order valence-electron chi connectivity index (χ2n) is 4.46. The summed E-state index contributed by atoms with van der Waals surface area (Å²) in [6.45, 7) is 4.66. The summed E-state index contributed by atoms with van der Waals surface area (Å²) in [5, 5.41) is 17.8. The van der Waals surface area contributed by atoms with Crippen LogP contribution in [0.4, 0.5) is 0 Å². The highest BCUT2D eigenvalue weighted by Gasteiger charge is 2.08. The molecule has 5 heteroatoms. The van der Waals surface area contributed by atoms with Gasteiger partial charge in [0.15, 0.2) is 0 Å². The van der Waals surface area contributed by atoms with E-state index in [0.29, 0.717) is 6.54 Å².